The molecule has 0 radical (unpaired) electrons. The molecule has 0 aromatic carbocycles. The van der Waals surface area contributed by atoms with Crippen molar-refractivity contribution < 1.29 is 4.79 Å². The first kappa shape index (κ1) is 9.69. The zero-order valence-corrected chi connectivity index (χ0v) is 6.76. The molecular weight excluding hydrogens is 138 g/mol. The van der Waals surface area contributed by atoms with Gasteiger partial charge in [0.25, 0.3) is 0 Å². The first-order chi connectivity index (χ1) is 5.24. The van der Waals surface area contributed by atoms with Gasteiger partial charge in [-0.05, 0) is 12.2 Å². The van der Waals surface area contributed by atoms with Crippen LogP contribution in [-0.2, 0) is 4.79 Å². The summed E-state index contributed by atoms with van der Waals surface area (Å²) in [4.78, 5) is 10.8. The minimum absolute atomic E-state index is 0.0157. The van der Waals surface area contributed by atoms with E-state index in [0.717, 1.165) is 0 Å². The topological polar surface area (TPSA) is 29.1 Å². The molecule has 0 saturated heterocycles. The number of hydrogen-bond donors (Lipinski definition) is 1. The number of allylic oxidation sites excluding steroid dienone is 3. The van der Waals surface area contributed by atoms with Crippen LogP contribution < -0.4 is 5.32 Å². The van der Waals surface area contributed by atoms with Crippen LogP contribution in [0.1, 0.15) is 13.3 Å². The Hall–Kier alpha value is -1.31. The molecule has 0 spiro atoms. The Morgan fingerprint density at radius 3 is 2.55 bits per heavy atom. The fraction of sp³-hybridized carbons (Fsp3) is 0.222. The van der Waals surface area contributed by atoms with Crippen LogP contribution in [0.15, 0.2) is 37.1 Å². The molecule has 0 atom stereocenters. The Morgan fingerprint density at radius 1 is 1.55 bits per heavy atom. The molecule has 11 heavy (non-hydrogen) atoms. The summed E-state index contributed by atoms with van der Waals surface area (Å²) < 4.78 is 0. The number of amides is 1. The van der Waals surface area contributed by atoms with Gasteiger partial charge in [-0.25, -0.2) is 0 Å². The molecule has 0 aliphatic rings. The Balaban J connectivity index is 4.08. The Labute approximate surface area is 67.3 Å². The lowest BCUT2D eigenvalue weighted by Gasteiger charge is -2.01. The zero-order valence-electron chi connectivity index (χ0n) is 6.76. The molecule has 0 unspecified atom stereocenters. The number of hydrogen-bond acceptors (Lipinski definition) is 1. The standard InChI is InChI=1S/C9H13NO/c1-4-7-8(5-2)10-9(11)6-3/h4-5,7H,1-2,6H2,3H3,(H,10,11)/b8-7+. The third-order valence-corrected chi connectivity index (χ3v) is 1.12. The molecule has 0 aliphatic carbocycles. The lowest BCUT2D eigenvalue weighted by molar-refractivity contribution is -0.120. The summed E-state index contributed by atoms with van der Waals surface area (Å²) in [6.45, 7) is 8.84. The van der Waals surface area contributed by atoms with Crippen molar-refractivity contribution in [3.63, 3.8) is 0 Å². The highest BCUT2D eigenvalue weighted by atomic mass is 16.1. The van der Waals surface area contributed by atoms with Crippen LogP contribution in [0.3, 0.4) is 0 Å². The summed E-state index contributed by atoms with van der Waals surface area (Å²) in [6.07, 6.45) is 5.35. The summed E-state index contributed by atoms with van der Waals surface area (Å²) >= 11 is 0. The predicted molar refractivity (Wildman–Crippen MR) is 46.9 cm³/mol. The van der Waals surface area contributed by atoms with Gasteiger partial charge in [0, 0.05) is 12.1 Å². The second-order valence-electron chi connectivity index (χ2n) is 1.96. The zero-order chi connectivity index (χ0) is 8.69. The van der Waals surface area contributed by atoms with E-state index in [-0.39, 0.29) is 5.91 Å². The van der Waals surface area contributed by atoms with Crippen LogP contribution in [0.4, 0.5) is 0 Å². The molecule has 0 bridgehead atoms. The smallest absolute Gasteiger partial charge is 0.224 e. The SMILES string of the molecule is C=C/C=C(\C=C)NC(=O)CC. The fourth-order valence-corrected chi connectivity index (χ4v) is 0.537. The van der Waals surface area contributed by atoms with Crippen LogP contribution in [0, 0.1) is 0 Å². The van der Waals surface area contributed by atoms with Crippen molar-refractivity contribution in [2.24, 2.45) is 0 Å². The average Bonchev–Trinajstić information content (AvgIpc) is 2.03. The van der Waals surface area contributed by atoms with Crippen LogP contribution in [0.2, 0.25) is 0 Å². The van der Waals surface area contributed by atoms with E-state index in [2.05, 4.69) is 18.5 Å². The van der Waals surface area contributed by atoms with Crippen molar-refractivity contribution in [2.75, 3.05) is 0 Å². The lowest BCUT2D eigenvalue weighted by atomic mass is 10.3. The van der Waals surface area contributed by atoms with Crippen molar-refractivity contribution in [3.05, 3.63) is 37.1 Å². The highest BCUT2D eigenvalue weighted by Gasteiger charge is 1.95. The molecule has 0 saturated carbocycles. The van der Waals surface area contributed by atoms with Gasteiger partial charge in [-0.2, -0.15) is 0 Å². The van der Waals surface area contributed by atoms with Gasteiger partial charge in [-0.3, -0.25) is 4.79 Å². The van der Waals surface area contributed by atoms with E-state index >= 15 is 0 Å². The van der Waals surface area contributed by atoms with Gasteiger partial charge in [0.2, 0.25) is 5.91 Å². The summed E-state index contributed by atoms with van der Waals surface area (Å²) in [5, 5.41) is 2.65. The molecule has 1 N–H and O–H groups in total. The maximum absolute atomic E-state index is 10.8. The van der Waals surface area contributed by atoms with Crippen molar-refractivity contribution in [3.8, 4) is 0 Å². The maximum Gasteiger partial charge on any atom is 0.224 e. The first-order valence-electron chi connectivity index (χ1n) is 3.49. The van der Waals surface area contributed by atoms with Crippen molar-refractivity contribution in [1.29, 1.82) is 0 Å². The number of nitrogens with one attached hydrogen (secondary N) is 1. The molecule has 2 nitrogen and oxygen atoms in total. The highest BCUT2D eigenvalue weighted by Crippen LogP contribution is 1.91. The van der Waals surface area contributed by atoms with Gasteiger partial charge in [0.1, 0.15) is 0 Å². The highest BCUT2D eigenvalue weighted by molar-refractivity contribution is 5.77. The molecule has 0 heterocycles. The van der Waals surface area contributed by atoms with Crippen molar-refractivity contribution in [2.45, 2.75) is 13.3 Å². The number of rotatable bonds is 4. The largest absolute Gasteiger partial charge is 0.326 e. The second kappa shape index (κ2) is 5.47. The third kappa shape index (κ3) is 4.14. The van der Waals surface area contributed by atoms with E-state index in [9.17, 15) is 4.79 Å². The van der Waals surface area contributed by atoms with Crippen LogP contribution in [-0.4, -0.2) is 5.91 Å². The number of carbonyl (C=O) groups excluding carboxylic acids is 1. The monoisotopic (exact) mass is 151 g/mol. The molecule has 2 heteroatoms. The normalized spacial score (nSPS) is 10.5. The number of carbonyl (C=O) groups is 1. The van der Waals surface area contributed by atoms with Crippen LogP contribution >= 0.6 is 0 Å². The summed E-state index contributed by atoms with van der Waals surface area (Å²) in [5.41, 5.74) is 0.687. The maximum atomic E-state index is 10.8. The molecule has 0 rings (SSSR count). The minimum atomic E-state index is -0.0157. The van der Waals surface area contributed by atoms with E-state index in [0.29, 0.717) is 12.1 Å². The lowest BCUT2D eigenvalue weighted by Crippen LogP contribution is -2.20. The van der Waals surface area contributed by atoms with Crippen LogP contribution in [0.5, 0.6) is 0 Å². The van der Waals surface area contributed by atoms with Gasteiger partial charge < -0.3 is 5.32 Å². The van der Waals surface area contributed by atoms with Gasteiger partial charge in [-0.1, -0.05) is 26.2 Å². The summed E-state index contributed by atoms with van der Waals surface area (Å²) in [5.74, 6) is -0.0157. The van der Waals surface area contributed by atoms with Gasteiger partial charge in [0.15, 0.2) is 0 Å². The quantitative estimate of drug-likeness (QED) is 0.609. The average molecular weight is 151 g/mol. The van der Waals surface area contributed by atoms with Crippen LogP contribution in [0.25, 0.3) is 0 Å². The minimum Gasteiger partial charge on any atom is -0.326 e. The molecule has 1 amide bonds. The Morgan fingerprint density at radius 2 is 2.18 bits per heavy atom. The molecular formula is C9H13NO. The van der Waals surface area contributed by atoms with E-state index < -0.39 is 0 Å². The molecule has 0 aliphatic heterocycles. The first-order valence-corrected chi connectivity index (χ1v) is 3.49. The van der Waals surface area contributed by atoms with Gasteiger partial charge >= 0.3 is 0 Å². The molecule has 0 aromatic heterocycles. The summed E-state index contributed by atoms with van der Waals surface area (Å²) in [7, 11) is 0. The van der Waals surface area contributed by atoms with Crippen molar-refractivity contribution in [1.82, 2.24) is 5.32 Å². The Bertz CT molecular complexity index is 192. The molecule has 0 fully saturated rings. The third-order valence-electron chi connectivity index (χ3n) is 1.12. The second-order valence-corrected chi connectivity index (χ2v) is 1.96. The van der Waals surface area contributed by atoms with E-state index in [4.69, 9.17) is 0 Å². The molecule has 0 aromatic rings. The summed E-state index contributed by atoms with van der Waals surface area (Å²) in [6, 6.07) is 0. The van der Waals surface area contributed by atoms with E-state index in [1.165, 1.54) is 0 Å². The van der Waals surface area contributed by atoms with E-state index in [1.54, 1.807) is 25.2 Å². The van der Waals surface area contributed by atoms with Crippen molar-refractivity contribution >= 4 is 5.91 Å². The Kier molecular flexibility index (Phi) is 4.82. The van der Waals surface area contributed by atoms with Gasteiger partial charge in [0.05, 0.1) is 0 Å². The van der Waals surface area contributed by atoms with E-state index in [1.807, 2.05) is 0 Å². The predicted octanol–water partition coefficient (Wildman–Crippen LogP) is 1.77. The molecule has 60 valence electrons. The fourth-order valence-electron chi connectivity index (χ4n) is 0.537. The van der Waals surface area contributed by atoms with Gasteiger partial charge in [-0.15, -0.1) is 0 Å².